The molecule has 1 unspecified atom stereocenters. The molecule has 142 valence electrons. The molecule has 0 radical (unpaired) electrons. The van der Waals surface area contributed by atoms with Gasteiger partial charge in [0.15, 0.2) is 0 Å². The van der Waals surface area contributed by atoms with Crippen LogP contribution in [0.4, 0.5) is 10.1 Å². The fourth-order valence-electron chi connectivity index (χ4n) is 3.34. The van der Waals surface area contributed by atoms with Crippen LogP contribution in [0.15, 0.2) is 60.9 Å². The summed E-state index contributed by atoms with van der Waals surface area (Å²) in [6, 6.07) is 13.9. The van der Waals surface area contributed by atoms with Gasteiger partial charge in [-0.1, -0.05) is 24.3 Å². The lowest BCUT2D eigenvalue weighted by Gasteiger charge is -2.24. The number of anilines is 1. The minimum atomic E-state index is -0.614. The van der Waals surface area contributed by atoms with Crippen molar-refractivity contribution in [1.29, 1.82) is 0 Å². The van der Waals surface area contributed by atoms with E-state index < -0.39 is 11.7 Å². The highest BCUT2D eigenvalue weighted by molar-refractivity contribution is 6.01. The van der Waals surface area contributed by atoms with Gasteiger partial charge in [-0.15, -0.1) is 0 Å². The Kier molecular flexibility index (Phi) is 4.89. The molecule has 0 spiro atoms. The maximum absolute atomic E-state index is 13.4. The first kappa shape index (κ1) is 17.9. The van der Waals surface area contributed by atoms with E-state index in [1.807, 2.05) is 36.5 Å². The summed E-state index contributed by atoms with van der Waals surface area (Å²) in [7, 11) is 0. The molecule has 7 heteroatoms. The molecular formula is C21H19FN4O2. The molecule has 0 saturated heterocycles. The molecule has 3 aromatic rings. The highest BCUT2D eigenvalue weighted by Gasteiger charge is 2.30. The summed E-state index contributed by atoms with van der Waals surface area (Å²) >= 11 is 0. The van der Waals surface area contributed by atoms with Crippen molar-refractivity contribution >= 4 is 17.5 Å². The van der Waals surface area contributed by atoms with Crippen LogP contribution >= 0.6 is 0 Å². The van der Waals surface area contributed by atoms with E-state index in [2.05, 4.69) is 15.7 Å². The van der Waals surface area contributed by atoms with Crippen LogP contribution in [0.2, 0.25) is 0 Å². The summed E-state index contributed by atoms with van der Waals surface area (Å²) in [4.78, 5) is 24.5. The van der Waals surface area contributed by atoms with Gasteiger partial charge in [-0.25, -0.2) is 9.07 Å². The molecule has 1 aromatic heterocycles. The van der Waals surface area contributed by atoms with Gasteiger partial charge in [-0.3, -0.25) is 9.59 Å². The standard InChI is InChI=1S/C21H19FN4O2/c22-15-6-7-17-18(11-20(27)25-19(17)10-15)21(28)23-9-8-14-12-24-26(13-14)16-4-2-1-3-5-16/h1-7,10,12-13,18H,8-9,11H2,(H,23,28)(H,25,27). The Hall–Kier alpha value is -3.48. The lowest BCUT2D eigenvalue weighted by atomic mass is 9.89. The number of hydrogen-bond acceptors (Lipinski definition) is 3. The zero-order valence-electron chi connectivity index (χ0n) is 15.1. The van der Waals surface area contributed by atoms with E-state index in [1.165, 1.54) is 12.1 Å². The first-order valence-electron chi connectivity index (χ1n) is 9.06. The van der Waals surface area contributed by atoms with E-state index >= 15 is 0 Å². The van der Waals surface area contributed by atoms with Crippen LogP contribution < -0.4 is 10.6 Å². The van der Waals surface area contributed by atoms with Crippen molar-refractivity contribution in [3.05, 3.63) is 77.9 Å². The molecule has 0 aliphatic carbocycles. The number of benzene rings is 2. The number of fused-ring (bicyclic) bond motifs is 1. The Bertz CT molecular complexity index is 1020. The average molecular weight is 378 g/mol. The number of rotatable bonds is 5. The third kappa shape index (κ3) is 3.78. The number of halogens is 1. The number of carbonyl (C=O) groups excluding carboxylic acids is 2. The van der Waals surface area contributed by atoms with Crippen LogP contribution in [-0.4, -0.2) is 28.1 Å². The maximum atomic E-state index is 13.4. The van der Waals surface area contributed by atoms with Crippen LogP contribution in [0.5, 0.6) is 0 Å². The first-order chi connectivity index (χ1) is 13.6. The Morgan fingerprint density at radius 2 is 2.07 bits per heavy atom. The molecule has 28 heavy (non-hydrogen) atoms. The smallest absolute Gasteiger partial charge is 0.228 e. The Balaban J connectivity index is 1.38. The molecule has 2 N–H and O–H groups in total. The summed E-state index contributed by atoms with van der Waals surface area (Å²) in [5.74, 6) is -1.59. The summed E-state index contributed by atoms with van der Waals surface area (Å²) in [5.41, 5.74) is 2.96. The van der Waals surface area contributed by atoms with E-state index in [0.717, 1.165) is 11.3 Å². The molecule has 1 aliphatic heterocycles. The summed E-state index contributed by atoms with van der Waals surface area (Å²) in [5, 5.41) is 9.83. The second kappa shape index (κ2) is 7.64. The third-order valence-electron chi connectivity index (χ3n) is 4.74. The molecule has 4 rings (SSSR count). The number of hydrogen-bond donors (Lipinski definition) is 2. The highest BCUT2D eigenvalue weighted by Crippen LogP contribution is 2.32. The summed E-state index contributed by atoms with van der Waals surface area (Å²) in [6.45, 7) is 0.425. The van der Waals surface area contributed by atoms with Gasteiger partial charge in [0, 0.05) is 24.8 Å². The predicted octanol–water partition coefficient (Wildman–Crippen LogP) is 2.80. The SMILES string of the molecule is O=C1CC(C(=O)NCCc2cnn(-c3ccccc3)c2)c2ccc(F)cc2N1. The lowest BCUT2D eigenvalue weighted by Crippen LogP contribution is -2.36. The average Bonchev–Trinajstić information content (AvgIpc) is 3.16. The largest absolute Gasteiger partial charge is 0.355 e. The number of para-hydroxylation sites is 1. The zero-order chi connectivity index (χ0) is 19.5. The van der Waals surface area contributed by atoms with E-state index in [0.29, 0.717) is 24.2 Å². The number of amides is 2. The van der Waals surface area contributed by atoms with Gasteiger partial charge in [0.2, 0.25) is 11.8 Å². The van der Waals surface area contributed by atoms with E-state index in [4.69, 9.17) is 0 Å². The van der Waals surface area contributed by atoms with Crippen LogP contribution in [0.1, 0.15) is 23.5 Å². The molecule has 0 fully saturated rings. The van der Waals surface area contributed by atoms with Crippen molar-refractivity contribution < 1.29 is 14.0 Å². The lowest BCUT2D eigenvalue weighted by molar-refractivity contribution is -0.126. The molecule has 0 saturated carbocycles. The monoisotopic (exact) mass is 378 g/mol. The minimum absolute atomic E-state index is 0.0520. The van der Waals surface area contributed by atoms with Crippen molar-refractivity contribution in [3.8, 4) is 5.69 Å². The Labute approximate surface area is 161 Å². The topological polar surface area (TPSA) is 76.0 Å². The summed E-state index contributed by atoms with van der Waals surface area (Å²) in [6.07, 6.45) is 4.36. The van der Waals surface area contributed by atoms with Crippen LogP contribution in [0.25, 0.3) is 5.69 Å². The van der Waals surface area contributed by atoms with Crippen molar-refractivity contribution in [3.63, 3.8) is 0 Å². The van der Waals surface area contributed by atoms with Crippen molar-refractivity contribution in [2.75, 3.05) is 11.9 Å². The minimum Gasteiger partial charge on any atom is -0.355 e. The molecule has 2 amide bonds. The number of nitrogens with one attached hydrogen (secondary N) is 2. The van der Waals surface area contributed by atoms with Gasteiger partial charge < -0.3 is 10.6 Å². The Morgan fingerprint density at radius 3 is 2.89 bits per heavy atom. The normalized spacial score (nSPS) is 15.6. The van der Waals surface area contributed by atoms with Crippen molar-refractivity contribution in [1.82, 2.24) is 15.1 Å². The van der Waals surface area contributed by atoms with E-state index in [1.54, 1.807) is 16.9 Å². The van der Waals surface area contributed by atoms with Crippen molar-refractivity contribution in [2.24, 2.45) is 0 Å². The predicted molar refractivity (Wildman–Crippen MR) is 103 cm³/mol. The number of nitrogens with zero attached hydrogens (tertiary/aromatic N) is 2. The third-order valence-corrected chi connectivity index (χ3v) is 4.74. The zero-order valence-corrected chi connectivity index (χ0v) is 15.1. The molecule has 6 nitrogen and oxygen atoms in total. The van der Waals surface area contributed by atoms with Crippen LogP contribution in [-0.2, 0) is 16.0 Å². The van der Waals surface area contributed by atoms with Crippen molar-refractivity contribution in [2.45, 2.75) is 18.8 Å². The van der Waals surface area contributed by atoms with Gasteiger partial charge in [0.1, 0.15) is 5.82 Å². The molecule has 0 bridgehead atoms. The van der Waals surface area contributed by atoms with Gasteiger partial charge >= 0.3 is 0 Å². The quantitative estimate of drug-likeness (QED) is 0.717. The van der Waals surface area contributed by atoms with E-state index in [9.17, 15) is 14.0 Å². The van der Waals surface area contributed by atoms with Crippen LogP contribution in [0.3, 0.4) is 0 Å². The Morgan fingerprint density at radius 1 is 1.25 bits per heavy atom. The molecule has 2 heterocycles. The molecule has 1 aliphatic rings. The van der Waals surface area contributed by atoms with Gasteiger partial charge in [-0.2, -0.15) is 5.10 Å². The number of aromatic nitrogens is 2. The van der Waals surface area contributed by atoms with Gasteiger partial charge in [0.05, 0.1) is 17.8 Å². The fraction of sp³-hybridized carbons (Fsp3) is 0.190. The second-order valence-corrected chi connectivity index (χ2v) is 6.71. The first-order valence-corrected chi connectivity index (χ1v) is 9.06. The van der Waals surface area contributed by atoms with Crippen LogP contribution in [0, 0.1) is 5.82 Å². The fourth-order valence-corrected chi connectivity index (χ4v) is 3.34. The highest BCUT2D eigenvalue weighted by atomic mass is 19.1. The molecular weight excluding hydrogens is 359 g/mol. The second-order valence-electron chi connectivity index (χ2n) is 6.71. The molecule has 2 aromatic carbocycles. The maximum Gasteiger partial charge on any atom is 0.228 e. The molecule has 1 atom stereocenters. The van der Waals surface area contributed by atoms with E-state index in [-0.39, 0.29) is 18.2 Å². The number of carbonyl (C=O) groups is 2. The van der Waals surface area contributed by atoms with Gasteiger partial charge in [0.25, 0.3) is 0 Å². The van der Waals surface area contributed by atoms with Gasteiger partial charge in [-0.05, 0) is 41.8 Å². The summed E-state index contributed by atoms with van der Waals surface area (Å²) < 4.78 is 15.2.